The van der Waals surface area contributed by atoms with Crippen LogP contribution >= 0.6 is 0 Å². The van der Waals surface area contributed by atoms with Crippen LogP contribution in [0.4, 0.5) is 0 Å². The first-order valence-electron chi connectivity index (χ1n) is 11.6. The van der Waals surface area contributed by atoms with Crippen LogP contribution in [0.2, 0.25) is 0 Å². The summed E-state index contributed by atoms with van der Waals surface area (Å²) >= 11 is 0. The molecular formula is C25H29N5O4. The predicted molar refractivity (Wildman–Crippen MR) is 124 cm³/mol. The third-order valence-electron chi connectivity index (χ3n) is 5.80. The number of nitrogens with zero attached hydrogens (tertiary/aromatic N) is 4. The highest BCUT2D eigenvalue weighted by molar-refractivity contribution is 5.79. The number of rotatable bonds is 6. The van der Waals surface area contributed by atoms with Crippen LogP contribution in [0, 0.1) is 0 Å². The maximum absolute atomic E-state index is 12.8. The van der Waals surface area contributed by atoms with Crippen LogP contribution in [0.5, 0.6) is 0 Å². The third kappa shape index (κ3) is 6.71. The number of carbonyl (C=O) groups is 2. The van der Waals surface area contributed by atoms with E-state index < -0.39 is 0 Å². The topological polar surface area (TPSA) is 110 Å². The van der Waals surface area contributed by atoms with E-state index in [2.05, 4.69) is 20.4 Å². The number of amides is 2. The van der Waals surface area contributed by atoms with Crippen molar-refractivity contribution >= 4 is 11.8 Å². The lowest BCUT2D eigenvalue weighted by atomic mass is 9.99. The molecule has 3 aromatic rings. The fraction of sp³-hybridized carbons (Fsp3) is 0.400. The highest BCUT2D eigenvalue weighted by Gasteiger charge is 2.23. The van der Waals surface area contributed by atoms with Crippen molar-refractivity contribution in [1.29, 1.82) is 0 Å². The van der Waals surface area contributed by atoms with Crippen LogP contribution in [0.3, 0.4) is 0 Å². The molecule has 2 aromatic heterocycles. The summed E-state index contributed by atoms with van der Waals surface area (Å²) in [5.41, 5.74) is 1.80. The maximum atomic E-state index is 12.8. The van der Waals surface area contributed by atoms with Gasteiger partial charge in [-0.3, -0.25) is 14.6 Å². The molecule has 0 saturated carbocycles. The summed E-state index contributed by atoms with van der Waals surface area (Å²) in [5, 5.41) is 7.03. The Morgan fingerprint density at radius 3 is 2.85 bits per heavy atom. The van der Waals surface area contributed by atoms with E-state index in [1.54, 1.807) is 17.3 Å². The first-order chi connectivity index (χ1) is 16.7. The Labute approximate surface area is 198 Å². The van der Waals surface area contributed by atoms with Gasteiger partial charge in [0.2, 0.25) is 23.5 Å². The molecule has 9 heteroatoms. The number of nitrogens with one attached hydrogen (secondary N) is 1. The molecule has 1 N–H and O–H groups in total. The zero-order valence-electron chi connectivity index (χ0n) is 19.1. The highest BCUT2D eigenvalue weighted by atomic mass is 16.5. The number of hydrogen-bond acceptors (Lipinski definition) is 7. The van der Waals surface area contributed by atoms with Crippen LogP contribution < -0.4 is 5.32 Å². The van der Waals surface area contributed by atoms with Crippen molar-refractivity contribution < 1.29 is 18.8 Å². The number of carbonyl (C=O) groups excluding carboxylic acids is 2. The van der Waals surface area contributed by atoms with E-state index in [0.29, 0.717) is 44.4 Å². The van der Waals surface area contributed by atoms with Gasteiger partial charge in [-0.05, 0) is 37.0 Å². The molecule has 0 bridgehead atoms. The zero-order chi connectivity index (χ0) is 23.6. The number of aromatic nitrogens is 3. The Hall–Kier alpha value is -3.59. The minimum Gasteiger partial charge on any atom is -0.367 e. The molecular weight excluding hydrogens is 434 g/mol. The van der Waals surface area contributed by atoms with Crippen molar-refractivity contribution in [2.75, 3.05) is 26.2 Å². The fourth-order valence-electron chi connectivity index (χ4n) is 3.93. The van der Waals surface area contributed by atoms with E-state index in [9.17, 15) is 9.59 Å². The average molecular weight is 464 g/mol. The van der Waals surface area contributed by atoms with Gasteiger partial charge in [-0.2, -0.15) is 4.98 Å². The van der Waals surface area contributed by atoms with E-state index in [1.165, 1.54) is 0 Å². The second kappa shape index (κ2) is 12.0. The van der Waals surface area contributed by atoms with Gasteiger partial charge < -0.3 is 19.5 Å². The van der Waals surface area contributed by atoms with E-state index in [0.717, 1.165) is 24.0 Å². The molecule has 1 atom stereocenters. The smallest absolute Gasteiger partial charge is 0.248 e. The van der Waals surface area contributed by atoms with Crippen molar-refractivity contribution in [2.24, 2.45) is 0 Å². The molecule has 2 amide bonds. The van der Waals surface area contributed by atoms with E-state index >= 15 is 0 Å². The quantitative estimate of drug-likeness (QED) is 0.598. The molecule has 1 saturated heterocycles. The average Bonchev–Trinajstić information content (AvgIpc) is 3.35. The Morgan fingerprint density at radius 1 is 1.15 bits per heavy atom. The first kappa shape index (κ1) is 23.6. The van der Waals surface area contributed by atoms with Crippen LogP contribution in [0.1, 0.15) is 43.1 Å². The summed E-state index contributed by atoms with van der Waals surface area (Å²) in [7, 11) is 0. The molecule has 1 aromatic carbocycles. The normalized spacial score (nSPS) is 17.6. The van der Waals surface area contributed by atoms with Crippen molar-refractivity contribution in [2.45, 2.75) is 38.2 Å². The third-order valence-corrected chi connectivity index (χ3v) is 5.80. The summed E-state index contributed by atoms with van der Waals surface area (Å²) < 4.78 is 11.2. The minimum atomic E-state index is -0.115. The van der Waals surface area contributed by atoms with Gasteiger partial charge in [0.15, 0.2) is 0 Å². The lowest BCUT2D eigenvalue weighted by Gasteiger charge is -2.22. The molecule has 4 rings (SSSR count). The molecule has 9 nitrogen and oxygen atoms in total. The molecule has 1 aliphatic heterocycles. The Bertz CT molecular complexity index is 1060. The second-order valence-corrected chi connectivity index (χ2v) is 8.28. The van der Waals surface area contributed by atoms with Gasteiger partial charge >= 0.3 is 0 Å². The van der Waals surface area contributed by atoms with Gasteiger partial charge in [0.25, 0.3) is 0 Å². The van der Waals surface area contributed by atoms with Crippen molar-refractivity contribution in [3.8, 4) is 11.4 Å². The van der Waals surface area contributed by atoms with Crippen LogP contribution in [0.25, 0.3) is 11.4 Å². The highest BCUT2D eigenvalue weighted by Crippen LogP contribution is 2.26. The van der Waals surface area contributed by atoms with E-state index in [1.807, 2.05) is 42.5 Å². The monoisotopic (exact) mass is 463 g/mol. The van der Waals surface area contributed by atoms with Gasteiger partial charge in [0.05, 0.1) is 6.61 Å². The standard InChI is InChI=1S/C25H29N5O4/c31-22-11-15-30(23(32)18-33-17-19-6-2-1-3-7-19)14-5-9-20(10-13-27-22)25-28-24(29-34-25)21-8-4-12-26-16-21/h1-4,6-8,12,16,20H,5,9-11,13-15,17-18H2,(H,27,31). The Kier molecular flexibility index (Phi) is 8.34. The molecule has 3 heterocycles. The summed E-state index contributed by atoms with van der Waals surface area (Å²) in [4.78, 5) is 35.4. The SMILES string of the molecule is O=C1CCN(C(=O)COCc2ccccc2)CCCC(c2nc(-c3cccnc3)no2)CCN1. The van der Waals surface area contributed by atoms with Crippen molar-refractivity contribution in [1.82, 2.24) is 25.3 Å². The molecule has 1 unspecified atom stereocenters. The number of pyridine rings is 1. The molecule has 34 heavy (non-hydrogen) atoms. The van der Waals surface area contributed by atoms with Crippen molar-refractivity contribution in [3.63, 3.8) is 0 Å². The fourth-order valence-corrected chi connectivity index (χ4v) is 3.93. The van der Waals surface area contributed by atoms with Crippen molar-refractivity contribution in [3.05, 3.63) is 66.3 Å². The molecule has 1 fully saturated rings. The first-order valence-corrected chi connectivity index (χ1v) is 11.6. The maximum Gasteiger partial charge on any atom is 0.248 e. The zero-order valence-corrected chi connectivity index (χ0v) is 19.1. The van der Waals surface area contributed by atoms with Crippen LogP contribution in [0.15, 0.2) is 59.4 Å². The van der Waals surface area contributed by atoms with Gasteiger partial charge in [-0.1, -0.05) is 35.5 Å². The minimum absolute atomic E-state index is 0.0115. The van der Waals surface area contributed by atoms with Gasteiger partial charge in [-0.15, -0.1) is 0 Å². The molecule has 178 valence electrons. The van der Waals surface area contributed by atoms with E-state index in [-0.39, 0.29) is 30.8 Å². The lowest BCUT2D eigenvalue weighted by molar-refractivity contribution is -0.137. The van der Waals surface area contributed by atoms with Gasteiger partial charge in [0, 0.05) is 49.9 Å². The molecule has 0 radical (unpaired) electrons. The second-order valence-electron chi connectivity index (χ2n) is 8.28. The number of ether oxygens (including phenoxy) is 1. The van der Waals surface area contributed by atoms with Gasteiger partial charge in [-0.25, -0.2) is 0 Å². The van der Waals surface area contributed by atoms with E-state index in [4.69, 9.17) is 9.26 Å². The van der Waals surface area contributed by atoms with Crippen LogP contribution in [-0.2, 0) is 20.9 Å². The molecule has 0 aliphatic carbocycles. The summed E-state index contributed by atoms with van der Waals surface area (Å²) in [6.45, 7) is 1.79. The largest absolute Gasteiger partial charge is 0.367 e. The lowest BCUT2D eigenvalue weighted by Crippen LogP contribution is -2.37. The Morgan fingerprint density at radius 2 is 2.03 bits per heavy atom. The summed E-state index contributed by atoms with van der Waals surface area (Å²) in [5.74, 6) is 0.828. The number of hydrogen-bond donors (Lipinski definition) is 1. The summed E-state index contributed by atoms with van der Waals surface area (Å²) in [6, 6.07) is 13.4. The Balaban J connectivity index is 1.35. The van der Waals surface area contributed by atoms with Gasteiger partial charge in [0.1, 0.15) is 6.61 Å². The molecule has 1 aliphatic rings. The number of benzene rings is 1. The molecule has 0 spiro atoms. The predicted octanol–water partition coefficient (Wildman–Crippen LogP) is 2.95. The summed E-state index contributed by atoms with van der Waals surface area (Å²) in [6.07, 6.45) is 5.86. The van der Waals surface area contributed by atoms with Crippen LogP contribution in [-0.4, -0.2) is 58.1 Å².